The fourth-order valence-corrected chi connectivity index (χ4v) is 14.5. The average molecular weight is 809 g/mol. The molecule has 0 aromatic heterocycles. The molecule has 0 spiro atoms. The van der Waals surface area contributed by atoms with E-state index in [4.69, 9.17) is 0 Å². The van der Waals surface area contributed by atoms with Gasteiger partial charge in [-0.3, -0.25) is 14.4 Å². The smallest absolute Gasteiger partial charge is 0.336 e. The summed E-state index contributed by atoms with van der Waals surface area (Å²) in [4.78, 5) is 47.8. The molecule has 5 N–H and O–H groups in total. The Kier molecular flexibility index (Phi) is 9.22. The zero-order valence-corrected chi connectivity index (χ0v) is 33.2. The van der Waals surface area contributed by atoms with Crippen LogP contribution >= 0.6 is 12.6 Å². The minimum absolute atomic E-state index is 0.0287. The van der Waals surface area contributed by atoms with Crippen molar-refractivity contribution in [2.24, 2.45) is 57.2 Å². The summed E-state index contributed by atoms with van der Waals surface area (Å²) in [6.45, 7) is 9.59. The number of rotatable bonds is 2. The van der Waals surface area contributed by atoms with Gasteiger partial charge in [0.15, 0.2) is 28.5 Å². The lowest BCUT2D eigenvalue weighted by molar-refractivity contribution is -0.229. The number of halogens is 4. The van der Waals surface area contributed by atoms with E-state index in [2.05, 4.69) is 12.6 Å². The van der Waals surface area contributed by atoms with Crippen LogP contribution in [0, 0.1) is 57.2 Å². The lowest BCUT2D eigenvalue weighted by Crippen LogP contribution is -2.70. The van der Waals surface area contributed by atoms with Gasteiger partial charge >= 0.3 is 5.97 Å². The Morgan fingerprint density at radius 3 is 1.39 bits per heavy atom. The number of carboxylic acid groups (broad SMARTS) is 1. The molecule has 0 radical (unpaired) electrons. The Bertz CT molecular complexity index is 1790. The van der Waals surface area contributed by atoms with E-state index in [9.17, 15) is 44.7 Å². The minimum atomic E-state index is -2.26. The van der Waals surface area contributed by atoms with Crippen LogP contribution in [0.2, 0.25) is 0 Å². The van der Waals surface area contributed by atoms with Crippen LogP contribution in [0.3, 0.4) is 0 Å². The molecule has 8 aliphatic rings. The van der Waals surface area contributed by atoms with E-state index >= 15 is 17.6 Å². The first-order chi connectivity index (χ1) is 25.7. The summed E-state index contributed by atoms with van der Waals surface area (Å²) < 4.78 is 63.9. The number of aliphatic hydroxyl groups is 4. The minimum Gasteiger partial charge on any atom is -0.479 e. The number of alkyl halides is 4. The number of aliphatic hydroxyl groups excluding tert-OH is 2. The predicted molar refractivity (Wildman–Crippen MR) is 198 cm³/mol. The van der Waals surface area contributed by atoms with Crippen molar-refractivity contribution in [2.75, 3.05) is 0 Å². The predicted octanol–water partition coefficient (Wildman–Crippen LogP) is 5.11. The summed E-state index contributed by atoms with van der Waals surface area (Å²) in [6, 6.07) is 0. The highest BCUT2D eigenvalue weighted by atomic mass is 32.1. The number of hydrogen-bond acceptors (Lipinski definition) is 8. The summed E-state index contributed by atoms with van der Waals surface area (Å²) in [7, 11) is 0. The van der Waals surface area contributed by atoms with Crippen LogP contribution in [-0.2, 0) is 19.2 Å². The van der Waals surface area contributed by atoms with Crippen LogP contribution in [-0.4, -0.2) is 95.3 Å². The molecule has 0 aromatic rings. The molecule has 308 valence electrons. The van der Waals surface area contributed by atoms with Gasteiger partial charge in [-0.15, -0.1) is 12.6 Å². The standard InChI is InChI=1S/C21H26F2O5.C21H26F2O4S/c1-10-6-12-13-8-15(22)14-7-11(24)4-5-18(14,2)20(13,23)16(25)9-19(12,3)21(10,28)17(26)27;1-10-6-12-13-8-15(22)14-7-11(24)4-5-18(14,2)20(13,23)16(25)9-19(12,3)21(10,27)17(26)28/h4-5,7,10,12-13,15-16,25,28H,6,8-9H2,1-3H3,(H,26,27);4-5,7,10,12-13,15-16,25,27H,6,8-9H2,1-3H3,(H,26,28)/t2*10-,12?,13?,15+,16+,18+,19+,20+,21+/m11/s1. The van der Waals surface area contributed by atoms with Crippen LogP contribution in [0.1, 0.15) is 80.1 Å². The third-order valence-corrected chi connectivity index (χ3v) is 17.4. The van der Waals surface area contributed by atoms with Gasteiger partial charge in [0.25, 0.3) is 0 Å². The monoisotopic (exact) mass is 808 g/mol. The number of hydrogen-bond donors (Lipinski definition) is 6. The number of thiol groups is 1. The maximum absolute atomic E-state index is 16.8. The molecule has 8 aliphatic carbocycles. The Morgan fingerprint density at radius 2 is 1.04 bits per heavy atom. The molecule has 9 nitrogen and oxygen atoms in total. The first kappa shape index (κ1) is 41.5. The topological polar surface area (TPSA) is 169 Å². The van der Waals surface area contributed by atoms with Gasteiger partial charge in [-0.05, 0) is 111 Å². The van der Waals surface area contributed by atoms with Gasteiger partial charge in [0.05, 0.1) is 12.2 Å². The highest BCUT2D eigenvalue weighted by Crippen LogP contribution is 2.72. The second-order valence-electron chi connectivity index (χ2n) is 19.1. The van der Waals surface area contributed by atoms with Gasteiger partial charge in [-0.25, -0.2) is 22.4 Å². The van der Waals surface area contributed by atoms with Crippen molar-refractivity contribution in [3.05, 3.63) is 47.6 Å². The Hall–Kier alpha value is -2.65. The van der Waals surface area contributed by atoms with E-state index in [0.717, 1.165) is 12.2 Å². The molecule has 14 heteroatoms. The zero-order valence-electron chi connectivity index (χ0n) is 32.3. The van der Waals surface area contributed by atoms with Crippen molar-refractivity contribution >= 4 is 35.3 Å². The van der Waals surface area contributed by atoms with Gasteiger partial charge in [-0.1, -0.05) is 39.8 Å². The molecule has 6 fully saturated rings. The van der Waals surface area contributed by atoms with Gasteiger partial charge < -0.3 is 25.5 Å². The number of allylic oxidation sites excluding steroid dienone is 8. The first-order valence-electron chi connectivity index (χ1n) is 19.5. The molecular weight excluding hydrogens is 757 g/mol. The van der Waals surface area contributed by atoms with E-state index in [1.54, 1.807) is 27.7 Å². The van der Waals surface area contributed by atoms with E-state index in [-0.39, 0.29) is 43.3 Å². The number of carboxylic acids is 1. The molecule has 0 saturated heterocycles. The molecule has 6 saturated carbocycles. The third kappa shape index (κ3) is 4.65. The van der Waals surface area contributed by atoms with Crippen molar-refractivity contribution in [3.63, 3.8) is 0 Å². The van der Waals surface area contributed by atoms with Crippen molar-refractivity contribution < 1.29 is 62.3 Å². The van der Waals surface area contributed by atoms with Crippen molar-refractivity contribution in [1.29, 1.82) is 0 Å². The summed E-state index contributed by atoms with van der Waals surface area (Å²) in [5.41, 5.74) is -13.7. The molecule has 0 amide bonds. The summed E-state index contributed by atoms with van der Waals surface area (Å²) in [5, 5.41) is 53.4. The van der Waals surface area contributed by atoms with Crippen molar-refractivity contribution in [1.82, 2.24) is 0 Å². The van der Waals surface area contributed by atoms with E-state index in [1.165, 1.54) is 38.2 Å². The number of carbonyl (C=O) groups excluding carboxylic acids is 3. The number of carbonyl (C=O) groups is 4. The summed E-state index contributed by atoms with van der Waals surface area (Å²) in [6.07, 6.45) is 0.917. The molecule has 18 atom stereocenters. The van der Waals surface area contributed by atoms with Crippen LogP contribution in [0.25, 0.3) is 0 Å². The average Bonchev–Trinajstić information content (AvgIpc) is 3.45. The SMILES string of the molecule is C[C@@H]1CC2C3C[C@H](F)C4=CC(=O)C=C[C@]4(C)[C@@]3(F)[C@@H](O)C[C@]2(C)[C@@]1(O)C(=O)O.C[C@@H]1CC2C3C[C@H](F)C4=CC(=O)C=C[C@]4(C)[C@@]3(F)[C@@H](O)C[C@]2(C)[C@@]1(O)C(=O)S. The number of aliphatic carboxylic acids is 1. The summed E-state index contributed by atoms with van der Waals surface area (Å²) >= 11 is 3.90. The maximum Gasteiger partial charge on any atom is 0.336 e. The molecule has 0 aromatic carbocycles. The second kappa shape index (κ2) is 12.4. The fourth-order valence-electron chi connectivity index (χ4n) is 14.0. The third-order valence-electron chi connectivity index (χ3n) is 17.1. The highest BCUT2D eigenvalue weighted by Gasteiger charge is 2.78. The molecule has 4 unspecified atom stereocenters. The van der Waals surface area contributed by atoms with Crippen LogP contribution in [0.15, 0.2) is 47.6 Å². The molecule has 0 aliphatic heterocycles. The lowest BCUT2D eigenvalue weighted by atomic mass is 9.44. The normalized spacial score (nSPS) is 55.2. The Labute approximate surface area is 328 Å². The van der Waals surface area contributed by atoms with Gasteiger partial charge in [0.2, 0.25) is 5.12 Å². The van der Waals surface area contributed by atoms with Crippen LogP contribution in [0.4, 0.5) is 17.6 Å². The van der Waals surface area contributed by atoms with Crippen LogP contribution in [0.5, 0.6) is 0 Å². The molecule has 56 heavy (non-hydrogen) atoms. The molecular formula is C42H52F4O9S. The second-order valence-corrected chi connectivity index (χ2v) is 19.5. The number of ketones is 2. The van der Waals surface area contributed by atoms with Crippen molar-refractivity contribution in [3.8, 4) is 0 Å². The molecule has 0 bridgehead atoms. The molecule has 8 rings (SSSR count). The van der Waals surface area contributed by atoms with E-state index < -0.39 is 127 Å². The zero-order chi connectivity index (χ0) is 41.7. The maximum atomic E-state index is 16.8. The van der Waals surface area contributed by atoms with E-state index in [0.29, 0.717) is 6.42 Å². The van der Waals surface area contributed by atoms with Gasteiger partial charge in [0.1, 0.15) is 17.9 Å². The fraction of sp³-hybridized carbons (Fsp3) is 0.714. The van der Waals surface area contributed by atoms with Gasteiger partial charge in [-0.2, -0.15) is 0 Å². The van der Waals surface area contributed by atoms with E-state index in [1.807, 2.05) is 0 Å². The first-order valence-corrected chi connectivity index (χ1v) is 20.0. The Morgan fingerprint density at radius 1 is 0.679 bits per heavy atom. The summed E-state index contributed by atoms with van der Waals surface area (Å²) in [5.74, 6) is -6.36. The lowest BCUT2D eigenvalue weighted by Gasteiger charge is -2.62. The van der Waals surface area contributed by atoms with Gasteiger partial charge in [0, 0.05) is 33.5 Å². The largest absolute Gasteiger partial charge is 0.479 e. The number of fused-ring (bicyclic) bond motifs is 10. The molecule has 0 heterocycles. The van der Waals surface area contributed by atoms with Crippen molar-refractivity contribution in [2.45, 2.75) is 127 Å². The quantitative estimate of drug-likeness (QED) is 0.164. The Balaban J connectivity index is 0.000000172. The highest BCUT2D eigenvalue weighted by molar-refractivity contribution is 7.96. The van der Waals surface area contributed by atoms with Crippen LogP contribution < -0.4 is 0 Å².